The SMILES string of the molecule is CC(=O)Nc1ccc(C2NCc3cnc(C)nc3N2)cc1. The molecule has 0 bridgehead atoms. The molecular weight excluding hydrogens is 266 g/mol. The third kappa shape index (κ3) is 3.00. The summed E-state index contributed by atoms with van der Waals surface area (Å²) in [6.07, 6.45) is 1.84. The zero-order chi connectivity index (χ0) is 14.8. The predicted octanol–water partition coefficient (Wildman–Crippen LogP) is 1.96. The number of carbonyl (C=O) groups excluding carboxylic acids is 1. The Hall–Kier alpha value is -2.47. The van der Waals surface area contributed by atoms with Crippen molar-refractivity contribution in [2.45, 2.75) is 26.6 Å². The third-order valence-electron chi connectivity index (χ3n) is 3.33. The molecule has 0 aliphatic carbocycles. The molecule has 6 heteroatoms. The molecule has 1 amide bonds. The van der Waals surface area contributed by atoms with Gasteiger partial charge in [-0.25, -0.2) is 9.97 Å². The van der Waals surface area contributed by atoms with E-state index in [2.05, 4.69) is 25.9 Å². The quantitative estimate of drug-likeness (QED) is 0.785. The van der Waals surface area contributed by atoms with Gasteiger partial charge in [0.2, 0.25) is 5.91 Å². The molecule has 2 aromatic rings. The Morgan fingerprint density at radius 2 is 2.10 bits per heavy atom. The summed E-state index contributed by atoms with van der Waals surface area (Å²) in [5.74, 6) is 1.55. The number of anilines is 2. The highest BCUT2D eigenvalue weighted by atomic mass is 16.1. The summed E-state index contributed by atoms with van der Waals surface area (Å²) in [4.78, 5) is 19.6. The Labute approximate surface area is 123 Å². The summed E-state index contributed by atoms with van der Waals surface area (Å²) in [7, 11) is 0. The van der Waals surface area contributed by atoms with Crippen LogP contribution in [0.3, 0.4) is 0 Å². The predicted molar refractivity (Wildman–Crippen MR) is 80.7 cm³/mol. The molecule has 0 spiro atoms. The molecule has 1 aliphatic heterocycles. The number of hydrogen-bond donors (Lipinski definition) is 3. The van der Waals surface area contributed by atoms with E-state index in [1.165, 1.54) is 6.92 Å². The minimum atomic E-state index is -0.0715. The number of hydrogen-bond acceptors (Lipinski definition) is 5. The summed E-state index contributed by atoms with van der Waals surface area (Å²) >= 11 is 0. The average molecular weight is 283 g/mol. The van der Waals surface area contributed by atoms with Crippen LogP contribution >= 0.6 is 0 Å². The second kappa shape index (κ2) is 5.49. The zero-order valence-corrected chi connectivity index (χ0v) is 12.0. The number of benzene rings is 1. The van der Waals surface area contributed by atoms with Crippen LogP contribution in [0.15, 0.2) is 30.5 Å². The molecule has 3 N–H and O–H groups in total. The molecule has 1 aromatic carbocycles. The molecule has 1 atom stereocenters. The van der Waals surface area contributed by atoms with Crippen molar-refractivity contribution in [3.8, 4) is 0 Å². The van der Waals surface area contributed by atoms with E-state index in [1.807, 2.05) is 37.4 Å². The number of rotatable bonds is 2. The molecule has 0 saturated heterocycles. The van der Waals surface area contributed by atoms with Gasteiger partial charge in [-0.1, -0.05) is 12.1 Å². The van der Waals surface area contributed by atoms with E-state index in [-0.39, 0.29) is 12.1 Å². The molecule has 1 aromatic heterocycles. The first-order valence-electron chi connectivity index (χ1n) is 6.82. The lowest BCUT2D eigenvalue weighted by Crippen LogP contribution is -2.33. The van der Waals surface area contributed by atoms with Crippen molar-refractivity contribution in [2.24, 2.45) is 0 Å². The summed E-state index contributed by atoms with van der Waals surface area (Å²) < 4.78 is 0. The maximum atomic E-state index is 11.0. The van der Waals surface area contributed by atoms with Crippen LogP contribution in [-0.2, 0) is 11.3 Å². The number of amides is 1. The van der Waals surface area contributed by atoms with Crippen molar-refractivity contribution in [1.82, 2.24) is 15.3 Å². The van der Waals surface area contributed by atoms with Crippen molar-refractivity contribution in [2.75, 3.05) is 10.6 Å². The molecule has 1 aliphatic rings. The first-order valence-corrected chi connectivity index (χ1v) is 6.82. The summed E-state index contributed by atoms with van der Waals surface area (Å²) in [6, 6.07) is 7.74. The normalized spacial score (nSPS) is 16.8. The van der Waals surface area contributed by atoms with Crippen molar-refractivity contribution >= 4 is 17.4 Å². The van der Waals surface area contributed by atoms with Gasteiger partial charge in [-0.15, -0.1) is 0 Å². The molecule has 108 valence electrons. The zero-order valence-electron chi connectivity index (χ0n) is 12.0. The van der Waals surface area contributed by atoms with Crippen LogP contribution in [-0.4, -0.2) is 15.9 Å². The van der Waals surface area contributed by atoms with Crippen LogP contribution in [0.4, 0.5) is 11.5 Å². The number of nitrogens with one attached hydrogen (secondary N) is 3. The second-order valence-corrected chi connectivity index (χ2v) is 5.05. The topological polar surface area (TPSA) is 78.9 Å². The van der Waals surface area contributed by atoms with Crippen LogP contribution in [0.5, 0.6) is 0 Å². The Balaban J connectivity index is 1.78. The van der Waals surface area contributed by atoms with E-state index in [9.17, 15) is 4.79 Å². The molecule has 3 rings (SSSR count). The molecular formula is C15H17N5O. The summed E-state index contributed by atoms with van der Waals surface area (Å²) in [5, 5.41) is 9.52. The van der Waals surface area contributed by atoms with E-state index >= 15 is 0 Å². The van der Waals surface area contributed by atoms with E-state index in [0.717, 1.165) is 35.0 Å². The van der Waals surface area contributed by atoms with Gasteiger partial charge in [0.15, 0.2) is 0 Å². The van der Waals surface area contributed by atoms with Crippen molar-refractivity contribution in [3.05, 3.63) is 47.4 Å². The maximum absolute atomic E-state index is 11.0. The van der Waals surface area contributed by atoms with Gasteiger partial charge >= 0.3 is 0 Å². The molecule has 21 heavy (non-hydrogen) atoms. The van der Waals surface area contributed by atoms with Crippen molar-refractivity contribution in [1.29, 1.82) is 0 Å². The Morgan fingerprint density at radius 3 is 2.81 bits per heavy atom. The van der Waals surface area contributed by atoms with Gasteiger partial charge in [0.1, 0.15) is 17.8 Å². The van der Waals surface area contributed by atoms with Gasteiger partial charge in [-0.2, -0.15) is 0 Å². The van der Waals surface area contributed by atoms with Crippen molar-refractivity contribution < 1.29 is 4.79 Å². The maximum Gasteiger partial charge on any atom is 0.221 e. The highest BCUT2D eigenvalue weighted by Gasteiger charge is 2.19. The Kier molecular flexibility index (Phi) is 3.53. The third-order valence-corrected chi connectivity index (χ3v) is 3.33. The minimum Gasteiger partial charge on any atom is -0.350 e. The fraction of sp³-hybridized carbons (Fsp3) is 0.267. The van der Waals surface area contributed by atoms with Gasteiger partial charge in [-0.3, -0.25) is 10.1 Å². The van der Waals surface area contributed by atoms with Crippen LogP contribution in [0.1, 0.15) is 30.0 Å². The minimum absolute atomic E-state index is 0.00169. The first-order chi connectivity index (χ1) is 10.1. The molecule has 1 unspecified atom stereocenters. The van der Waals surface area contributed by atoms with Crippen LogP contribution < -0.4 is 16.0 Å². The molecule has 0 radical (unpaired) electrons. The highest BCUT2D eigenvalue weighted by Crippen LogP contribution is 2.25. The van der Waals surface area contributed by atoms with E-state index in [1.54, 1.807) is 0 Å². The molecule has 6 nitrogen and oxygen atoms in total. The fourth-order valence-electron chi connectivity index (χ4n) is 2.31. The van der Waals surface area contributed by atoms with Crippen LogP contribution in [0, 0.1) is 6.92 Å². The molecule has 2 heterocycles. The lowest BCUT2D eigenvalue weighted by molar-refractivity contribution is -0.114. The lowest BCUT2D eigenvalue weighted by Gasteiger charge is -2.27. The summed E-state index contributed by atoms with van der Waals surface area (Å²) in [6.45, 7) is 4.10. The first kappa shape index (κ1) is 13.5. The number of aromatic nitrogens is 2. The van der Waals surface area contributed by atoms with Gasteiger partial charge in [0.25, 0.3) is 0 Å². The Morgan fingerprint density at radius 1 is 1.33 bits per heavy atom. The van der Waals surface area contributed by atoms with Gasteiger partial charge in [-0.05, 0) is 24.6 Å². The smallest absolute Gasteiger partial charge is 0.221 e. The van der Waals surface area contributed by atoms with Crippen molar-refractivity contribution in [3.63, 3.8) is 0 Å². The number of aryl methyl sites for hydroxylation is 1. The van der Waals surface area contributed by atoms with Crippen LogP contribution in [0.2, 0.25) is 0 Å². The van der Waals surface area contributed by atoms with E-state index in [4.69, 9.17) is 0 Å². The van der Waals surface area contributed by atoms with Gasteiger partial charge in [0.05, 0.1) is 0 Å². The van der Waals surface area contributed by atoms with Gasteiger partial charge < -0.3 is 10.6 Å². The highest BCUT2D eigenvalue weighted by molar-refractivity contribution is 5.88. The largest absolute Gasteiger partial charge is 0.350 e. The monoisotopic (exact) mass is 283 g/mol. The second-order valence-electron chi connectivity index (χ2n) is 5.05. The van der Waals surface area contributed by atoms with E-state index < -0.39 is 0 Å². The van der Waals surface area contributed by atoms with Gasteiger partial charge in [0, 0.05) is 30.9 Å². The standard InChI is InChI=1S/C15H17N5O/c1-9-16-7-12-8-17-14(20-15(12)18-9)11-3-5-13(6-4-11)19-10(2)21/h3-7,14,17H,8H2,1-2H3,(H,19,21)(H,16,18,20). The average Bonchev–Trinajstić information content (AvgIpc) is 2.46. The lowest BCUT2D eigenvalue weighted by atomic mass is 10.1. The number of fused-ring (bicyclic) bond motifs is 1. The summed E-state index contributed by atoms with van der Waals surface area (Å²) in [5.41, 5.74) is 2.94. The van der Waals surface area contributed by atoms with Crippen LogP contribution in [0.25, 0.3) is 0 Å². The molecule has 0 fully saturated rings. The fourth-order valence-corrected chi connectivity index (χ4v) is 2.31. The Bertz CT molecular complexity index is 668. The number of carbonyl (C=O) groups is 1. The van der Waals surface area contributed by atoms with E-state index in [0.29, 0.717) is 0 Å². The number of nitrogens with zero attached hydrogens (tertiary/aromatic N) is 2. The molecule has 0 saturated carbocycles.